The van der Waals surface area contributed by atoms with E-state index in [2.05, 4.69) is 15.0 Å². The predicted molar refractivity (Wildman–Crippen MR) is 134 cm³/mol. The number of pyridine rings is 1. The normalized spacial score (nSPS) is 17.1. The van der Waals surface area contributed by atoms with Crippen LogP contribution >= 0.6 is 0 Å². The Morgan fingerprint density at radius 1 is 1.03 bits per heavy atom. The van der Waals surface area contributed by atoms with Crippen LogP contribution in [0.5, 0.6) is 11.5 Å². The number of nitrogens with zero attached hydrogens (tertiary/aromatic N) is 3. The molecule has 0 spiro atoms. The molecular formula is C27H24N4O5. The Hall–Kier alpha value is -4.66. The van der Waals surface area contributed by atoms with E-state index in [4.69, 9.17) is 9.47 Å². The van der Waals surface area contributed by atoms with Gasteiger partial charge in [-0.25, -0.2) is 4.98 Å². The summed E-state index contributed by atoms with van der Waals surface area (Å²) in [5.74, 6) is -0.805. The van der Waals surface area contributed by atoms with Crippen molar-refractivity contribution in [1.82, 2.24) is 15.0 Å². The average Bonchev–Trinajstić information content (AvgIpc) is 3.42. The summed E-state index contributed by atoms with van der Waals surface area (Å²) in [6.45, 7) is 3.72. The number of carbonyl (C=O) groups excluding carboxylic acids is 2. The second kappa shape index (κ2) is 8.84. The zero-order chi connectivity index (χ0) is 25.6. The predicted octanol–water partition coefficient (Wildman–Crippen LogP) is 4.22. The van der Waals surface area contributed by atoms with Crippen LogP contribution in [-0.2, 0) is 9.59 Å². The van der Waals surface area contributed by atoms with Crippen molar-refractivity contribution in [2.75, 3.05) is 19.1 Å². The Morgan fingerprint density at radius 3 is 2.47 bits per heavy atom. The number of rotatable bonds is 5. The van der Waals surface area contributed by atoms with E-state index in [-0.39, 0.29) is 17.3 Å². The van der Waals surface area contributed by atoms with Crippen LogP contribution in [0.3, 0.4) is 0 Å². The van der Waals surface area contributed by atoms with Crippen LogP contribution in [0.25, 0.3) is 16.8 Å². The zero-order valence-electron chi connectivity index (χ0n) is 20.2. The van der Waals surface area contributed by atoms with E-state index in [1.807, 2.05) is 26.0 Å². The molecule has 0 aliphatic carbocycles. The largest absolute Gasteiger partial charge is 0.507 e. The maximum Gasteiger partial charge on any atom is 0.302 e. The third-order valence-electron chi connectivity index (χ3n) is 6.26. The Labute approximate surface area is 207 Å². The minimum absolute atomic E-state index is 0.0528. The number of hydrogen-bond acceptors (Lipinski definition) is 7. The molecule has 2 N–H and O–H groups in total. The first-order chi connectivity index (χ1) is 17.3. The number of methoxy groups -OCH3 is 2. The Morgan fingerprint density at radius 2 is 1.78 bits per heavy atom. The Bertz CT molecular complexity index is 1500. The number of imidazole rings is 1. The number of anilines is 1. The lowest BCUT2D eigenvalue weighted by Gasteiger charge is -2.22. The summed E-state index contributed by atoms with van der Waals surface area (Å²) in [4.78, 5) is 40.1. The first-order valence-corrected chi connectivity index (χ1v) is 11.2. The van der Waals surface area contributed by atoms with Crippen LogP contribution in [0.1, 0.15) is 28.4 Å². The van der Waals surface area contributed by atoms with E-state index in [0.717, 1.165) is 11.1 Å². The number of aromatic nitrogens is 3. The summed E-state index contributed by atoms with van der Waals surface area (Å²) >= 11 is 0. The van der Waals surface area contributed by atoms with Gasteiger partial charge in [0.1, 0.15) is 11.8 Å². The van der Waals surface area contributed by atoms with Gasteiger partial charge in [-0.3, -0.25) is 19.5 Å². The number of ether oxygens (including phenoxy) is 2. The highest BCUT2D eigenvalue weighted by Gasteiger charge is 2.49. The fourth-order valence-corrected chi connectivity index (χ4v) is 4.44. The minimum Gasteiger partial charge on any atom is -0.507 e. The molecule has 5 rings (SSSR count). The van der Waals surface area contributed by atoms with Crippen molar-refractivity contribution < 1.29 is 24.2 Å². The minimum atomic E-state index is -0.990. The van der Waals surface area contributed by atoms with E-state index < -0.39 is 17.7 Å². The highest BCUT2D eigenvalue weighted by Crippen LogP contribution is 2.42. The number of Topliss-reactive ketones (excluding diaryl/α,β-unsaturated/α-hetero) is 1. The van der Waals surface area contributed by atoms with Crippen molar-refractivity contribution >= 4 is 34.4 Å². The van der Waals surface area contributed by atoms with Crippen LogP contribution in [-0.4, -0.2) is 46.0 Å². The molecule has 9 heteroatoms. The van der Waals surface area contributed by atoms with Gasteiger partial charge in [-0.2, -0.15) is 0 Å². The van der Waals surface area contributed by atoms with E-state index in [1.54, 1.807) is 42.6 Å². The topological polar surface area (TPSA) is 118 Å². The SMILES string of the molecule is COc1cc2nc(N3C(=O)C(=O)/C(=C(/O)c4cc(C)ccc4C)C3c3ccccn3)[nH]c2cc1OC. The number of hydrogen-bond donors (Lipinski definition) is 2. The molecule has 1 aliphatic rings. The van der Waals surface area contributed by atoms with Gasteiger partial charge in [0.05, 0.1) is 36.5 Å². The monoisotopic (exact) mass is 484 g/mol. The van der Waals surface area contributed by atoms with Gasteiger partial charge >= 0.3 is 5.91 Å². The summed E-state index contributed by atoms with van der Waals surface area (Å²) in [7, 11) is 3.04. The second-order valence-electron chi connectivity index (χ2n) is 8.53. The molecule has 9 nitrogen and oxygen atoms in total. The molecule has 1 fully saturated rings. The number of nitrogens with one attached hydrogen (secondary N) is 1. The lowest BCUT2D eigenvalue weighted by Crippen LogP contribution is -2.30. The number of benzene rings is 2. The molecule has 0 radical (unpaired) electrons. The summed E-state index contributed by atoms with van der Waals surface area (Å²) in [6.07, 6.45) is 1.57. The molecule has 4 aromatic rings. The van der Waals surface area contributed by atoms with Crippen molar-refractivity contribution in [3.63, 3.8) is 0 Å². The van der Waals surface area contributed by atoms with Gasteiger partial charge in [-0.15, -0.1) is 0 Å². The molecule has 1 aliphatic heterocycles. The molecule has 1 unspecified atom stereocenters. The molecule has 1 amide bonds. The molecule has 1 atom stereocenters. The number of carbonyl (C=O) groups is 2. The summed E-state index contributed by atoms with van der Waals surface area (Å²) in [6, 6.07) is 13.1. The van der Waals surface area contributed by atoms with Crippen LogP contribution in [0.2, 0.25) is 0 Å². The first-order valence-electron chi connectivity index (χ1n) is 11.2. The highest BCUT2D eigenvalue weighted by molar-refractivity contribution is 6.51. The van der Waals surface area contributed by atoms with Crippen LogP contribution in [0.4, 0.5) is 5.95 Å². The van der Waals surface area contributed by atoms with Crippen LogP contribution in [0, 0.1) is 13.8 Å². The Balaban J connectivity index is 1.73. The zero-order valence-corrected chi connectivity index (χ0v) is 20.2. The quantitative estimate of drug-likeness (QED) is 0.247. The summed E-state index contributed by atoms with van der Waals surface area (Å²) in [5.41, 5.74) is 3.62. The molecular weight excluding hydrogens is 460 g/mol. The lowest BCUT2D eigenvalue weighted by atomic mass is 9.95. The van der Waals surface area contributed by atoms with Gasteiger partial charge in [0.15, 0.2) is 11.5 Å². The van der Waals surface area contributed by atoms with Crippen molar-refractivity contribution in [1.29, 1.82) is 0 Å². The van der Waals surface area contributed by atoms with Gasteiger partial charge in [0, 0.05) is 23.9 Å². The van der Waals surface area contributed by atoms with Crippen molar-refractivity contribution in [2.45, 2.75) is 19.9 Å². The molecule has 1 saturated heterocycles. The van der Waals surface area contributed by atoms with Crippen molar-refractivity contribution in [3.05, 3.63) is 82.7 Å². The first kappa shape index (κ1) is 23.1. The third kappa shape index (κ3) is 3.65. The number of fused-ring (bicyclic) bond motifs is 1. The molecule has 36 heavy (non-hydrogen) atoms. The van der Waals surface area contributed by atoms with E-state index in [1.165, 1.54) is 19.1 Å². The Kier molecular flexibility index (Phi) is 5.68. The molecule has 2 aromatic heterocycles. The number of aliphatic hydroxyl groups excluding tert-OH is 1. The van der Waals surface area contributed by atoms with Crippen molar-refractivity contribution in [2.24, 2.45) is 0 Å². The third-order valence-corrected chi connectivity index (χ3v) is 6.26. The lowest BCUT2D eigenvalue weighted by molar-refractivity contribution is -0.132. The fraction of sp³-hybridized carbons (Fsp3) is 0.185. The molecule has 182 valence electrons. The average molecular weight is 485 g/mol. The van der Waals surface area contributed by atoms with Gasteiger partial charge in [-0.05, 0) is 37.6 Å². The standard InChI is InChI=1S/C27H24N4O5/c1-14-8-9-15(2)16(11-14)24(32)22-23(17-7-5-6-10-28-17)31(26(34)25(22)33)27-29-18-12-20(35-3)21(36-4)13-19(18)30-27/h5-13,23,32H,1-4H3,(H,29,30)/b24-22+. The van der Waals surface area contributed by atoms with E-state index in [0.29, 0.717) is 33.8 Å². The van der Waals surface area contributed by atoms with E-state index in [9.17, 15) is 14.7 Å². The maximum absolute atomic E-state index is 13.4. The van der Waals surface area contributed by atoms with Crippen molar-refractivity contribution in [3.8, 4) is 11.5 Å². The second-order valence-corrected chi connectivity index (χ2v) is 8.53. The molecule has 2 aromatic carbocycles. The van der Waals surface area contributed by atoms with E-state index >= 15 is 0 Å². The molecule has 0 saturated carbocycles. The molecule has 3 heterocycles. The smallest absolute Gasteiger partial charge is 0.302 e. The maximum atomic E-state index is 13.4. The summed E-state index contributed by atoms with van der Waals surface area (Å²) in [5, 5.41) is 11.4. The molecule has 0 bridgehead atoms. The number of ketones is 1. The number of amides is 1. The highest BCUT2D eigenvalue weighted by atomic mass is 16.5. The fourth-order valence-electron chi connectivity index (χ4n) is 4.44. The van der Waals surface area contributed by atoms with Crippen LogP contribution in [0.15, 0.2) is 60.3 Å². The van der Waals surface area contributed by atoms with Gasteiger partial charge in [0.25, 0.3) is 5.78 Å². The number of aromatic amines is 1. The number of aryl methyl sites for hydroxylation is 2. The van der Waals surface area contributed by atoms with Gasteiger partial charge in [-0.1, -0.05) is 23.8 Å². The van der Waals surface area contributed by atoms with Crippen LogP contribution < -0.4 is 14.4 Å². The summed E-state index contributed by atoms with van der Waals surface area (Å²) < 4.78 is 10.7. The van der Waals surface area contributed by atoms with Gasteiger partial charge < -0.3 is 19.6 Å². The van der Waals surface area contributed by atoms with Gasteiger partial charge in [0.2, 0.25) is 5.95 Å². The number of aliphatic hydroxyl groups is 1. The number of H-pyrrole nitrogens is 1.